The number of fused-ring (bicyclic) bond motifs is 1. The number of rotatable bonds is 6. The van der Waals surface area contributed by atoms with E-state index >= 15 is 0 Å². The molecule has 6 heteroatoms. The molecule has 1 amide bonds. The molecule has 4 rings (SSSR count). The van der Waals surface area contributed by atoms with Gasteiger partial charge in [-0.2, -0.15) is 0 Å². The third-order valence-corrected chi connectivity index (χ3v) is 5.57. The van der Waals surface area contributed by atoms with Crippen molar-refractivity contribution >= 4 is 28.5 Å². The highest BCUT2D eigenvalue weighted by molar-refractivity contribution is 6.32. The van der Waals surface area contributed by atoms with E-state index in [0.29, 0.717) is 17.4 Å². The lowest BCUT2D eigenvalue weighted by atomic mass is 10.2. The van der Waals surface area contributed by atoms with Gasteiger partial charge in [-0.25, -0.2) is 4.98 Å². The maximum Gasteiger partial charge on any atom is 0.220 e. The van der Waals surface area contributed by atoms with Gasteiger partial charge in [0.1, 0.15) is 11.6 Å². The monoisotopic (exact) mass is 397 g/mol. The number of hydrogen-bond donors (Lipinski definition) is 0. The van der Waals surface area contributed by atoms with Crippen LogP contribution in [0, 0.1) is 0 Å². The highest BCUT2D eigenvalue weighted by atomic mass is 35.5. The quantitative estimate of drug-likeness (QED) is 0.559. The number of nitrogens with zero attached hydrogens (tertiary/aromatic N) is 3. The molecular weight excluding hydrogens is 374 g/mol. The highest BCUT2D eigenvalue weighted by Crippen LogP contribution is 2.33. The van der Waals surface area contributed by atoms with E-state index in [0.717, 1.165) is 49.2 Å². The number of imidazole rings is 1. The molecule has 2 heterocycles. The summed E-state index contributed by atoms with van der Waals surface area (Å²) in [7, 11) is 0. The number of para-hydroxylation sites is 3. The molecule has 1 aromatic heterocycles. The van der Waals surface area contributed by atoms with Crippen LogP contribution in [-0.4, -0.2) is 33.5 Å². The van der Waals surface area contributed by atoms with Crippen molar-refractivity contribution in [3.63, 3.8) is 0 Å². The van der Waals surface area contributed by atoms with Gasteiger partial charge in [-0.05, 0) is 43.5 Å². The fourth-order valence-electron chi connectivity index (χ4n) is 3.96. The summed E-state index contributed by atoms with van der Waals surface area (Å²) in [6.45, 7) is 3.79. The van der Waals surface area contributed by atoms with Crippen molar-refractivity contribution in [2.24, 2.45) is 0 Å². The minimum absolute atomic E-state index is 0.0504. The Morgan fingerprint density at radius 1 is 1.21 bits per heavy atom. The number of carbonyl (C=O) groups excluding carboxylic acids is 1. The second-order valence-corrected chi connectivity index (χ2v) is 7.52. The molecule has 0 N–H and O–H groups in total. The highest BCUT2D eigenvalue weighted by Gasteiger charge is 2.32. The molecule has 0 aliphatic carbocycles. The molecule has 1 atom stereocenters. The summed E-state index contributed by atoms with van der Waals surface area (Å²) in [5, 5.41) is 0.624. The van der Waals surface area contributed by atoms with E-state index in [9.17, 15) is 4.79 Å². The third-order valence-electron chi connectivity index (χ3n) is 5.26. The van der Waals surface area contributed by atoms with E-state index in [-0.39, 0.29) is 11.9 Å². The standard InChI is InChI=1S/C22H24ClN3O2/c1-16(27)25-13-6-11-20(25)22-24-18-9-3-4-10-19(18)26(22)14-7-15-28-21-12-5-2-8-17(21)23/h2-5,8-10,12,20H,6-7,11,13-15H2,1H3/t20-/m1/s1. The van der Waals surface area contributed by atoms with E-state index in [1.54, 1.807) is 6.92 Å². The Morgan fingerprint density at radius 2 is 2.00 bits per heavy atom. The summed E-state index contributed by atoms with van der Waals surface area (Å²) in [4.78, 5) is 18.9. The van der Waals surface area contributed by atoms with Gasteiger partial charge in [-0.3, -0.25) is 4.79 Å². The third kappa shape index (κ3) is 3.72. The van der Waals surface area contributed by atoms with Crippen LogP contribution in [0.3, 0.4) is 0 Å². The normalized spacial score (nSPS) is 16.6. The van der Waals surface area contributed by atoms with Crippen molar-refractivity contribution in [2.45, 2.75) is 38.8 Å². The van der Waals surface area contributed by atoms with Gasteiger partial charge >= 0.3 is 0 Å². The number of likely N-dealkylation sites (tertiary alicyclic amines) is 1. The van der Waals surface area contributed by atoms with Gasteiger partial charge in [0, 0.05) is 20.0 Å². The number of aromatic nitrogens is 2. The van der Waals surface area contributed by atoms with Crippen LogP contribution >= 0.6 is 11.6 Å². The van der Waals surface area contributed by atoms with Gasteiger partial charge in [0.25, 0.3) is 0 Å². The molecule has 1 aliphatic rings. The van der Waals surface area contributed by atoms with Crippen molar-refractivity contribution in [3.8, 4) is 5.75 Å². The van der Waals surface area contributed by atoms with Gasteiger partial charge in [-0.15, -0.1) is 0 Å². The predicted octanol–water partition coefficient (Wildman–Crippen LogP) is 4.84. The molecule has 0 unspecified atom stereocenters. The predicted molar refractivity (Wildman–Crippen MR) is 111 cm³/mol. The lowest BCUT2D eigenvalue weighted by Gasteiger charge is -2.24. The molecule has 0 spiro atoms. The van der Waals surface area contributed by atoms with Crippen LogP contribution in [0.5, 0.6) is 5.75 Å². The van der Waals surface area contributed by atoms with E-state index in [2.05, 4.69) is 10.6 Å². The van der Waals surface area contributed by atoms with Crippen LogP contribution in [0.4, 0.5) is 0 Å². The van der Waals surface area contributed by atoms with Crippen LogP contribution < -0.4 is 4.74 Å². The number of aryl methyl sites for hydroxylation is 1. The minimum Gasteiger partial charge on any atom is -0.492 e. The van der Waals surface area contributed by atoms with Crippen molar-refractivity contribution in [2.75, 3.05) is 13.2 Å². The first-order valence-electron chi connectivity index (χ1n) is 9.75. The Hall–Kier alpha value is -2.53. The summed E-state index contributed by atoms with van der Waals surface area (Å²) in [6, 6.07) is 15.7. The molecular formula is C22H24ClN3O2. The van der Waals surface area contributed by atoms with E-state index in [1.165, 1.54) is 0 Å². The average molecular weight is 398 g/mol. The van der Waals surface area contributed by atoms with Gasteiger partial charge in [0.15, 0.2) is 0 Å². The van der Waals surface area contributed by atoms with E-state index in [1.807, 2.05) is 47.4 Å². The summed E-state index contributed by atoms with van der Waals surface area (Å²) in [5.74, 6) is 1.80. The fraction of sp³-hybridized carbons (Fsp3) is 0.364. The first kappa shape index (κ1) is 18.8. The fourth-order valence-corrected chi connectivity index (χ4v) is 4.15. The van der Waals surface area contributed by atoms with E-state index < -0.39 is 0 Å². The van der Waals surface area contributed by atoms with Crippen molar-refractivity contribution in [1.29, 1.82) is 0 Å². The molecule has 2 aromatic carbocycles. The maximum atomic E-state index is 12.1. The molecule has 1 saturated heterocycles. The Morgan fingerprint density at radius 3 is 2.82 bits per heavy atom. The van der Waals surface area contributed by atoms with Crippen molar-refractivity contribution in [3.05, 3.63) is 59.4 Å². The Balaban J connectivity index is 1.54. The number of carbonyl (C=O) groups is 1. The first-order chi connectivity index (χ1) is 13.6. The largest absolute Gasteiger partial charge is 0.492 e. The maximum absolute atomic E-state index is 12.1. The minimum atomic E-state index is 0.0504. The number of hydrogen-bond acceptors (Lipinski definition) is 3. The van der Waals surface area contributed by atoms with E-state index in [4.69, 9.17) is 21.3 Å². The SMILES string of the molecule is CC(=O)N1CCC[C@@H]1c1nc2ccccc2n1CCCOc1ccccc1Cl. The topological polar surface area (TPSA) is 47.4 Å². The zero-order valence-electron chi connectivity index (χ0n) is 16.0. The lowest BCUT2D eigenvalue weighted by molar-refractivity contribution is -0.129. The molecule has 28 heavy (non-hydrogen) atoms. The number of benzene rings is 2. The second-order valence-electron chi connectivity index (χ2n) is 7.11. The summed E-state index contributed by atoms with van der Waals surface area (Å²) < 4.78 is 8.09. The summed E-state index contributed by atoms with van der Waals surface area (Å²) >= 11 is 6.16. The summed E-state index contributed by atoms with van der Waals surface area (Å²) in [6.07, 6.45) is 2.80. The molecule has 5 nitrogen and oxygen atoms in total. The molecule has 1 aliphatic heterocycles. The zero-order valence-corrected chi connectivity index (χ0v) is 16.7. The van der Waals surface area contributed by atoms with Gasteiger partial charge in [0.05, 0.1) is 28.7 Å². The van der Waals surface area contributed by atoms with Crippen LogP contribution in [0.1, 0.15) is 38.1 Å². The molecule has 146 valence electrons. The lowest BCUT2D eigenvalue weighted by Crippen LogP contribution is -2.30. The second kappa shape index (κ2) is 8.23. The van der Waals surface area contributed by atoms with Gasteiger partial charge in [-0.1, -0.05) is 35.9 Å². The van der Waals surface area contributed by atoms with Crippen LogP contribution in [0.25, 0.3) is 11.0 Å². The van der Waals surface area contributed by atoms with Gasteiger partial charge in [0.2, 0.25) is 5.91 Å². The van der Waals surface area contributed by atoms with Crippen molar-refractivity contribution in [1.82, 2.24) is 14.5 Å². The number of halogens is 1. The van der Waals surface area contributed by atoms with Crippen LogP contribution in [0.2, 0.25) is 5.02 Å². The molecule has 1 fully saturated rings. The number of amides is 1. The number of ether oxygens (including phenoxy) is 1. The smallest absolute Gasteiger partial charge is 0.220 e. The first-order valence-corrected chi connectivity index (χ1v) is 10.1. The Kier molecular flexibility index (Phi) is 5.53. The van der Waals surface area contributed by atoms with Crippen LogP contribution in [-0.2, 0) is 11.3 Å². The molecule has 0 saturated carbocycles. The Bertz CT molecular complexity index is 985. The van der Waals surface area contributed by atoms with Crippen LogP contribution in [0.15, 0.2) is 48.5 Å². The Labute approximate surface area is 169 Å². The summed E-state index contributed by atoms with van der Waals surface area (Å²) in [5.41, 5.74) is 2.07. The zero-order chi connectivity index (χ0) is 19.5. The van der Waals surface area contributed by atoms with Gasteiger partial charge < -0.3 is 14.2 Å². The molecule has 0 radical (unpaired) electrons. The van der Waals surface area contributed by atoms with Crippen molar-refractivity contribution < 1.29 is 9.53 Å². The molecule has 3 aromatic rings. The average Bonchev–Trinajstić information content (AvgIpc) is 3.31. The molecule has 0 bridgehead atoms.